The van der Waals surface area contributed by atoms with Crippen LogP contribution >= 0.6 is 23.4 Å². The van der Waals surface area contributed by atoms with E-state index in [1.165, 1.54) is 17.3 Å². The fraction of sp³-hybridized carbons (Fsp3) is 0.286. The van der Waals surface area contributed by atoms with E-state index in [-0.39, 0.29) is 11.7 Å². The topological polar surface area (TPSA) is 59.8 Å². The van der Waals surface area contributed by atoms with E-state index in [0.29, 0.717) is 11.6 Å². The highest BCUT2D eigenvalue weighted by atomic mass is 35.5. The molecule has 1 N–H and O–H groups in total. The fourth-order valence-electron chi connectivity index (χ4n) is 3.18. The van der Waals surface area contributed by atoms with Crippen LogP contribution < -0.4 is 5.32 Å². The molecule has 1 amide bonds. The van der Waals surface area contributed by atoms with Gasteiger partial charge in [0.1, 0.15) is 0 Å². The van der Waals surface area contributed by atoms with Gasteiger partial charge in [-0.3, -0.25) is 4.79 Å². The summed E-state index contributed by atoms with van der Waals surface area (Å²) in [5, 5.41) is 13.0. The lowest BCUT2D eigenvalue weighted by Gasteiger charge is -2.13. The van der Waals surface area contributed by atoms with Crippen molar-refractivity contribution in [2.24, 2.45) is 0 Å². The van der Waals surface area contributed by atoms with Crippen molar-refractivity contribution < 1.29 is 4.79 Å². The van der Waals surface area contributed by atoms with Crippen molar-refractivity contribution in [2.75, 3.05) is 11.1 Å². The molecule has 0 unspecified atom stereocenters. The van der Waals surface area contributed by atoms with E-state index in [1.54, 1.807) is 0 Å². The van der Waals surface area contributed by atoms with Crippen molar-refractivity contribution in [3.8, 4) is 11.4 Å². The van der Waals surface area contributed by atoms with Crippen molar-refractivity contribution in [1.82, 2.24) is 14.8 Å². The lowest BCUT2D eigenvalue weighted by Crippen LogP contribution is -2.16. The van der Waals surface area contributed by atoms with Crippen molar-refractivity contribution >= 4 is 35.0 Å². The summed E-state index contributed by atoms with van der Waals surface area (Å²) in [5.41, 5.74) is 5.15. The van der Waals surface area contributed by atoms with Gasteiger partial charge in [0.25, 0.3) is 0 Å². The third kappa shape index (κ3) is 4.56. The molecule has 2 aromatic carbocycles. The summed E-state index contributed by atoms with van der Waals surface area (Å²) >= 11 is 7.35. The van der Waals surface area contributed by atoms with E-state index in [1.807, 2.05) is 49.6 Å². The zero-order valence-corrected chi connectivity index (χ0v) is 18.0. The summed E-state index contributed by atoms with van der Waals surface area (Å²) < 4.78 is 2.00. The molecule has 146 valence electrons. The highest BCUT2D eigenvalue weighted by Gasteiger charge is 2.15. The number of carbonyl (C=O) groups excluding carboxylic acids is 1. The molecule has 28 heavy (non-hydrogen) atoms. The molecule has 0 aliphatic rings. The van der Waals surface area contributed by atoms with E-state index in [0.717, 1.165) is 33.4 Å². The number of anilines is 1. The van der Waals surface area contributed by atoms with Gasteiger partial charge in [-0.15, -0.1) is 10.2 Å². The Labute approximate surface area is 174 Å². The molecule has 1 heterocycles. The van der Waals surface area contributed by atoms with Crippen molar-refractivity contribution in [2.45, 2.75) is 39.4 Å². The van der Waals surface area contributed by atoms with E-state index in [2.05, 4.69) is 34.6 Å². The number of rotatable bonds is 6. The zero-order valence-electron chi connectivity index (χ0n) is 16.4. The summed E-state index contributed by atoms with van der Waals surface area (Å²) in [7, 11) is 0. The normalized spacial score (nSPS) is 10.9. The van der Waals surface area contributed by atoms with Crippen LogP contribution in [0.2, 0.25) is 5.02 Å². The van der Waals surface area contributed by atoms with Crippen LogP contribution in [0.25, 0.3) is 11.4 Å². The molecule has 0 saturated carbocycles. The summed E-state index contributed by atoms with van der Waals surface area (Å²) in [5.74, 6) is 0.983. The number of hydrogen-bond donors (Lipinski definition) is 1. The van der Waals surface area contributed by atoms with Crippen LogP contribution in [0.3, 0.4) is 0 Å². The predicted octanol–water partition coefficient (Wildman–Crippen LogP) is 5.27. The summed E-state index contributed by atoms with van der Waals surface area (Å²) in [4.78, 5) is 12.5. The molecule has 0 spiro atoms. The minimum atomic E-state index is -0.0567. The van der Waals surface area contributed by atoms with Crippen molar-refractivity contribution in [3.63, 3.8) is 0 Å². The van der Waals surface area contributed by atoms with Gasteiger partial charge < -0.3 is 9.88 Å². The van der Waals surface area contributed by atoms with Gasteiger partial charge in [-0.25, -0.2) is 0 Å². The van der Waals surface area contributed by atoms with Gasteiger partial charge >= 0.3 is 0 Å². The van der Waals surface area contributed by atoms with E-state index >= 15 is 0 Å². The minimum absolute atomic E-state index is 0.0567. The molecular weight excluding hydrogens is 392 g/mol. The quantitative estimate of drug-likeness (QED) is 0.558. The van der Waals surface area contributed by atoms with Crippen LogP contribution in [0, 0.1) is 20.8 Å². The van der Waals surface area contributed by atoms with Gasteiger partial charge in [-0.1, -0.05) is 41.1 Å². The van der Waals surface area contributed by atoms with E-state index in [4.69, 9.17) is 11.6 Å². The summed E-state index contributed by atoms with van der Waals surface area (Å²) in [6, 6.07) is 11.6. The zero-order chi connectivity index (χ0) is 20.3. The van der Waals surface area contributed by atoms with Crippen LogP contribution in [0.5, 0.6) is 0 Å². The number of hydrogen-bond acceptors (Lipinski definition) is 4. The Kier molecular flexibility index (Phi) is 6.42. The molecule has 0 bridgehead atoms. The number of amides is 1. The Morgan fingerprint density at radius 2 is 1.75 bits per heavy atom. The monoisotopic (exact) mass is 414 g/mol. The first-order valence-corrected chi connectivity index (χ1v) is 10.4. The van der Waals surface area contributed by atoms with Gasteiger partial charge in [0.2, 0.25) is 5.91 Å². The fourth-order valence-corrected chi connectivity index (χ4v) is 4.10. The lowest BCUT2D eigenvalue weighted by atomic mass is 10.1. The van der Waals surface area contributed by atoms with Crippen molar-refractivity contribution in [1.29, 1.82) is 0 Å². The maximum absolute atomic E-state index is 12.5. The summed E-state index contributed by atoms with van der Waals surface area (Å²) in [6.45, 7) is 8.82. The average molecular weight is 415 g/mol. The Hall–Kier alpha value is -2.31. The molecule has 0 atom stereocenters. The number of aryl methyl sites for hydroxylation is 3. The summed E-state index contributed by atoms with van der Waals surface area (Å²) in [6.07, 6.45) is 0. The Balaban J connectivity index is 1.71. The highest BCUT2D eigenvalue weighted by molar-refractivity contribution is 7.99. The molecule has 3 rings (SSSR count). The van der Waals surface area contributed by atoms with Gasteiger partial charge in [-0.05, 0) is 63.1 Å². The molecule has 7 heteroatoms. The second kappa shape index (κ2) is 8.80. The first-order chi connectivity index (χ1) is 13.4. The molecular formula is C21H23ClN4OS. The highest BCUT2D eigenvalue weighted by Crippen LogP contribution is 2.26. The SMILES string of the molecule is CCn1c(SCC(=O)Nc2c(C)cc(C)cc2C)nnc1-c1ccc(Cl)cc1. The first-order valence-electron chi connectivity index (χ1n) is 9.08. The van der Waals surface area contributed by atoms with E-state index < -0.39 is 0 Å². The third-order valence-corrected chi connectivity index (χ3v) is 5.63. The second-order valence-electron chi connectivity index (χ2n) is 6.67. The predicted molar refractivity (Wildman–Crippen MR) is 116 cm³/mol. The molecule has 5 nitrogen and oxygen atoms in total. The number of nitrogens with zero attached hydrogens (tertiary/aromatic N) is 3. The number of halogens is 1. The Morgan fingerprint density at radius 1 is 1.11 bits per heavy atom. The maximum Gasteiger partial charge on any atom is 0.234 e. The minimum Gasteiger partial charge on any atom is -0.325 e. The third-order valence-electron chi connectivity index (χ3n) is 4.41. The lowest BCUT2D eigenvalue weighted by molar-refractivity contribution is -0.113. The number of nitrogens with one attached hydrogen (secondary N) is 1. The van der Waals surface area contributed by atoms with Crippen LogP contribution in [0.1, 0.15) is 23.6 Å². The van der Waals surface area contributed by atoms with Gasteiger partial charge in [0, 0.05) is 22.8 Å². The maximum atomic E-state index is 12.5. The van der Waals surface area contributed by atoms with Gasteiger partial charge in [0.05, 0.1) is 5.75 Å². The molecule has 1 aromatic heterocycles. The Bertz CT molecular complexity index is 975. The largest absolute Gasteiger partial charge is 0.325 e. The number of carbonyl (C=O) groups is 1. The molecule has 0 saturated heterocycles. The molecule has 0 radical (unpaired) electrons. The Morgan fingerprint density at radius 3 is 2.36 bits per heavy atom. The van der Waals surface area contributed by atoms with Crippen LogP contribution in [0.15, 0.2) is 41.6 Å². The van der Waals surface area contributed by atoms with Crippen LogP contribution in [-0.4, -0.2) is 26.4 Å². The molecule has 0 aliphatic heterocycles. The van der Waals surface area contributed by atoms with E-state index in [9.17, 15) is 4.79 Å². The number of aromatic nitrogens is 3. The molecule has 0 aliphatic carbocycles. The smallest absolute Gasteiger partial charge is 0.234 e. The van der Waals surface area contributed by atoms with Crippen LogP contribution in [-0.2, 0) is 11.3 Å². The van der Waals surface area contributed by atoms with Gasteiger partial charge in [-0.2, -0.15) is 0 Å². The van der Waals surface area contributed by atoms with Crippen LogP contribution in [0.4, 0.5) is 5.69 Å². The number of benzene rings is 2. The average Bonchev–Trinajstić information content (AvgIpc) is 3.06. The first kappa shape index (κ1) is 20.4. The molecule has 0 fully saturated rings. The van der Waals surface area contributed by atoms with Crippen molar-refractivity contribution in [3.05, 3.63) is 58.1 Å². The number of thioether (sulfide) groups is 1. The molecule has 3 aromatic rings. The van der Waals surface area contributed by atoms with Gasteiger partial charge in [0.15, 0.2) is 11.0 Å². The second-order valence-corrected chi connectivity index (χ2v) is 8.05. The standard InChI is InChI=1S/C21H23ClN4OS/c1-5-26-20(16-6-8-17(22)9-7-16)24-25-21(26)28-12-18(27)23-19-14(3)10-13(2)11-15(19)4/h6-11H,5,12H2,1-4H3,(H,23,27).